The van der Waals surface area contributed by atoms with E-state index < -0.39 is 10.0 Å². The second-order valence-electron chi connectivity index (χ2n) is 9.96. The van der Waals surface area contributed by atoms with Crippen molar-refractivity contribution in [1.29, 1.82) is 0 Å². The van der Waals surface area contributed by atoms with Gasteiger partial charge in [0.2, 0.25) is 0 Å². The number of halogens is 1. The van der Waals surface area contributed by atoms with Crippen LogP contribution in [0.3, 0.4) is 0 Å². The van der Waals surface area contributed by atoms with Crippen LogP contribution >= 0.6 is 15.9 Å². The molecule has 0 amide bonds. The molecule has 1 heterocycles. The summed E-state index contributed by atoms with van der Waals surface area (Å²) in [6, 6.07) is 21.5. The lowest BCUT2D eigenvalue weighted by Gasteiger charge is -2.18. The van der Waals surface area contributed by atoms with Crippen LogP contribution in [0, 0.1) is 30.9 Å². The molecular weight excluding hydrogens is 568 g/mol. The molecule has 0 N–H and O–H groups in total. The van der Waals surface area contributed by atoms with Crippen LogP contribution in [-0.2, 0) is 16.4 Å². The van der Waals surface area contributed by atoms with Crippen molar-refractivity contribution in [3.8, 4) is 23.9 Å². The smallest absolute Gasteiger partial charge is 0.262 e. The number of fused-ring (bicyclic) bond motifs is 1. The average Bonchev–Trinajstić information content (AvgIpc) is 3.20. The Bertz CT molecular complexity index is 1430. The van der Waals surface area contributed by atoms with Crippen LogP contribution in [0.1, 0.15) is 89.2 Å². The lowest BCUT2D eigenvalue weighted by Crippen LogP contribution is -2.29. The normalized spacial score (nSPS) is 11.1. The van der Waals surface area contributed by atoms with E-state index in [0.29, 0.717) is 12.8 Å². The maximum absolute atomic E-state index is 13.6. The van der Waals surface area contributed by atoms with Crippen molar-refractivity contribution in [3.05, 3.63) is 64.3 Å². The highest BCUT2D eigenvalue weighted by Crippen LogP contribution is 2.31. The SMILES string of the molecule is CCCCCCC#CN(CCc1c(Br)n(C#CCCCCCC)c2ccccc12)S(=O)(=O)c1ccc(C)cc1. The van der Waals surface area contributed by atoms with Crippen LogP contribution in [0.2, 0.25) is 0 Å². The van der Waals surface area contributed by atoms with Crippen LogP contribution in [-0.4, -0.2) is 23.8 Å². The number of sulfonamides is 1. The van der Waals surface area contributed by atoms with Gasteiger partial charge < -0.3 is 0 Å². The molecule has 0 saturated heterocycles. The summed E-state index contributed by atoms with van der Waals surface area (Å²) in [5.41, 5.74) is 3.08. The molecule has 208 valence electrons. The van der Waals surface area contributed by atoms with Gasteiger partial charge in [0.1, 0.15) is 4.60 Å². The van der Waals surface area contributed by atoms with E-state index >= 15 is 0 Å². The lowest BCUT2D eigenvalue weighted by molar-refractivity contribution is 0.512. The Morgan fingerprint density at radius 3 is 2.15 bits per heavy atom. The van der Waals surface area contributed by atoms with Gasteiger partial charge in [-0.1, -0.05) is 100 Å². The first kappa shape index (κ1) is 30.9. The van der Waals surface area contributed by atoms with E-state index in [2.05, 4.69) is 65.8 Å². The van der Waals surface area contributed by atoms with Gasteiger partial charge in [-0.2, -0.15) is 0 Å². The number of unbranched alkanes of at least 4 members (excludes halogenated alkanes) is 8. The summed E-state index contributed by atoms with van der Waals surface area (Å²) < 4.78 is 31.4. The van der Waals surface area contributed by atoms with Crippen LogP contribution in [0.25, 0.3) is 10.9 Å². The van der Waals surface area contributed by atoms with Gasteiger partial charge in [-0.05, 0) is 65.9 Å². The minimum absolute atomic E-state index is 0.259. The summed E-state index contributed by atoms with van der Waals surface area (Å²) in [6.45, 7) is 6.60. The highest BCUT2D eigenvalue weighted by Gasteiger charge is 2.23. The van der Waals surface area contributed by atoms with Gasteiger partial charge in [-0.3, -0.25) is 4.57 Å². The number of aromatic nitrogens is 1. The molecular formula is C33H41BrN2O2S. The molecule has 0 aliphatic heterocycles. The Labute approximate surface area is 244 Å². The molecule has 0 fully saturated rings. The summed E-state index contributed by atoms with van der Waals surface area (Å²) in [4.78, 5) is 0.267. The Hall–Kier alpha value is -2.67. The summed E-state index contributed by atoms with van der Waals surface area (Å²) in [7, 11) is -3.76. The molecule has 0 aliphatic rings. The maximum Gasteiger partial charge on any atom is 0.270 e. The van der Waals surface area contributed by atoms with Crippen molar-refractivity contribution in [2.24, 2.45) is 0 Å². The summed E-state index contributed by atoms with van der Waals surface area (Å²) in [6.07, 6.45) is 11.3. The predicted octanol–water partition coefficient (Wildman–Crippen LogP) is 8.66. The molecule has 3 rings (SSSR count). The van der Waals surface area contributed by atoms with Crippen LogP contribution in [0.4, 0.5) is 0 Å². The predicted molar refractivity (Wildman–Crippen MR) is 167 cm³/mol. The molecule has 0 bridgehead atoms. The number of hydrogen-bond donors (Lipinski definition) is 0. The molecule has 0 unspecified atom stereocenters. The van der Waals surface area contributed by atoms with Crippen molar-refractivity contribution in [2.45, 2.75) is 96.3 Å². The van der Waals surface area contributed by atoms with Gasteiger partial charge in [-0.25, -0.2) is 12.7 Å². The van der Waals surface area contributed by atoms with Crippen LogP contribution in [0.5, 0.6) is 0 Å². The first-order valence-electron chi connectivity index (χ1n) is 14.2. The molecule has 2 aromatic carbocycles. The molecule has 6 heteroatoms. The number of aryl methyl sites for hydroxylation is 1. The molecule has 0 spiro atoms. The first-order chi connectivity index (χ1) is 18.9. The molecule has 0 radical (unpaired) electrons. The van der Waals surface area contributed by atoms with E-state index in [-0.39, 0.29) is 11.4 Å². The van der Waals surface area contributed by atoms with Gasteiger partial charge in [0.05, 0.1) is 10.4 Å². The Kier molecular flexibility index (Phi) is 12.5. The molecule has 3 aromatic rings. The van der Waals surface area contributed by atoms with Crippen molar-refractivity contribution in [2.75, 3.05) is 6.54 Å². The van der Waals surface area contributed by atoms with Gasteiger partial charge in [-0.15, -0.1) is 0 Å². The van der Waals surface area contributed by atoms with Gasteiger partial charge in [0.25, 0.3) is 10.0 Å². The van der Waals surface area contributed by atoms with E-state index in [1.807, 2.05) is 35.8 Å². The zero-order valence-electron chi connectivity index (χ0n) is 23.6. The zero-order chi connectivity index (χ0) is 28.1. The second-order valence-corrected chi connectivity index (χ2v) is 12.6. The summed E-state index contributed by atoms with van der Waals surface area (Å²) >= 11 is 3.79. The van der Waals surface area contributed by atoms with E-state index in [1.54, 1.807) is 12.1 Å². The van der Waals surface area contributed by atoms with Crippen molar-refractivity contribution in [3.63, 3.8) is 0 Å². The first-order valence-corrected chi connectivity index (χ1v) is 16.5. The maximum atomic E-state index is 13.6. The second kappa shape index (κ2) is 15.8. The van der Waals surface area contributed by atoms with E-state index in [4.69, 9.17) is 0 Å². The lowest BCUT2D eigenvalue weighted by atomic mass is 10.1. The topological polar surface area (TPSA) is 42.3 Å². The minimum atomic E-state index is -3.76. The quantitative estimate of drug-likeness (QED) is 0.111. The summed E-state index contributed by atoms with van der Waals surface area (Å²) in [5.74, 6) is 6.46. The zero-order valence-corrected chi connectivity index (χ0v) is 26.0. The fourth-order valence-corrected chi connectivity index (χ4v) is 6.41. The van der Waals surface area contributed by atoms with E-state index in [0.717, 1.165) is 58.7 Å². The van der Waals surface area contributed by atoms with Crippen molar-refractivity contribution < 1.29 is 8.42 Å². The third kappa shape index (κ3) is 8.66. The van der Waals surface area contributed by atoms with Gasteiger partial charge in [0, 0.05) is 36.9 Å². The minimum Gasteiger partial charge on any atom is -0.262 e. The van der Waals surface area contributed by atoms with Crippen molar-refractivity contribution >= 4 is 36.9 Å². The number of rotatable bonds is 13. The molecule has 0 aliphatic carbocycles. The highest BCUT2D eigenvalue weighted by atomic mass is 79.9. The van der Waals surface area contributed by atoms with Crippen LogP contribution in [0.15, 0.2) is 58.0 Å². The third-order valence-corrected chi connectivity index (χ3v) is 9.35. The average molecular weight is 610 g/mol. The summed E-state index contributed by atoms with van der Waals surface area (Å²) in [5, 5.41) is 1.07. The fraction of sp³-hybridized carbons (Fsp3) is 0.455. The fourth-order valence-electron chi connectivity index (χ4n) is 4.47. The third-order valence-electron chi connectivity index (χ3n) is 6.79. The highest BCUT2D eigenvalue weighted by molar-refractivity contribution is 9.10. The molecule has 0 atom stereocenters. The number of hydrogen-bond acceptors (Lipinski definition) is 2. The number of para-hydroxylation sites is 1. The monoisotopic (exact) mass is 608 g/mol. The van der Waals surface area contributed by atoms with Gasteiger partial charge >= 0.3 is 0 Å². The standard InChI is InChI=1S/C33H41BrN2O2S/c1-4-6-8-10-12-16-25-35(39(37,38)29-22-20-28(3)21-23-29)27-24-31-30-18-14-15-19-32(30)36(33(31)34)26-17-13-11-9-7-5-2/h14-15,18-23H,4-13,24,27H2,1-3H3. The molecule has 0 saturated carbocycles. The van der Waals surface area contributed by atoms with Crippen molar-refractivity contribution in [1.82, 2.24) is 8.87 Å². The van der Waals surface area contributed by atoms with Crippen LogP contribution < -0.4 is 0 Å². The molecule has 39 heavy (non-hydrogen) atoms. The van der Waals surface area contributed by atoms with E-state index in [1.165, 1.54) is 30.0 Å². The molecule has 1 aromatic heterocycles. The Morgan fingerprint density at radius 2 is 1.49 bits per heavy atom. The van der Waals surface area contributed by atoms with Gasteiger partial charge in [0.15, 0.2) is 0 Å². The largest absolute Gasteiger partial charge is 0.270 e. The molecule has 4 nitrogen and oxygen atoms in total. The Morgan fingerprint density at radius 1 is 0.846 bits per heavy atom. The van der Waals surface area contributed by atoms with E-state index in [9.17, 15) is 8.42 Å². The number of benzene rings is 2. The number of nitrogens with zero attached hydrogens (tertiary/aromatic N) is 2. The Balaban J connectivity index is 1.87.